The van der Waals surface area contributed by atoms with Gasteiger partial charge in [0.15, 0.2) is 0 Å². The number of hydrogen-bond acceptors (Lipinski definition) is 1. The van der Waals surface area contributed by atoms with Crippen LogP contribution in [-0.2, 0) is 5.41 Å². The van der Waals surface area contributed by atoms with Gasteiger partial charge >= 0.3 is 6.55 Å². The molecule has 0 aromatic carbocycles. The Bertz CT molecular complexity index is 290. The third kappa shape index (κ3) is 1.94. The van der Waals surface area contributed by atoms with Crippen molar-refractivity contribution in [1.82, 2.24) is 9.78 Å². The molecule has 80 valence electrons. The fraction of sp³-hybridized carbons (Fsp3) is 0.700. The number of halogens is 2. The van der Waals surface area contributed by atoms with Gasteiger partial charge in [-0.2, -0.15) is 13.9 Å². The zero-order valence-corrected chi connectivity index (χ0v) is 8.80. The largest absolute Gasteiger partial charge is 0.333 e. The molecule has 0 saturated carbocycles. The van der Waals surface area contributed by atoms with E-state index in [-0.39, 0.29) is 5.41 Å². The Hall–Kier alpha value is -0.930. The quantitative estimate of drug-likeness (QED) is 0.732. The van der Waals surface area contributed by atoms with Gasteiger partial charge in [-0.1, -0.05) is 20.8 Å². The molecule has 0 amide bonds. The van der Waals surface area contributed by atoms with Crippen LogP contribution in [0.2, 0.25) is 0 Å². The van der Waals surface area contributed by atoms with Crippen LogP contribution < -0.4 is 0 Å². The van der Waals surface area contributed by atoms with Crippen LogP contribution >= 0.6 is 0 Å². The molecule has 1 aromatic heterocycles. The van der Waals surface area contributed by atoms with Crippen molar-refractivity contribution in [3.05, 3.63) is 18.0 Å². The molecule has 2 nitrogen and oxygen atoms in total. The smallest absolute Gasteiger partial charge is 0.211 e. The van der Waals surface area contributed by atoms with Gasteiger partial charge in [0.05, 0.1) is 5.69 Å². The number of rotatable bonds is 4. The van der Waals surface area contributed by atoms with Gasteiger partial charge in [0.1, 0.15) is 0 Å². The molecule has 0 spiro atoms. The van der Waals surface area contributed by atoms with Crippen molar-refractivity contribution in [1.29, 1.82) is 0 Å². The van der Waals surface area contributed by atoms with Gasteiger partial charge in [0.2, 0.25) is 0 Å². The van der Waals surface area contributed by atoms with Crippen LogP contribution in [0.15, 0.2) is 12.3 Å². The highest BCUT2D eigenvalue weighted by atomic mass is 19.3. The zero-order chi connectivity index (χ0) is 10.8. The standard InChI is InChI=1S/C10H16F2N2/c1-4-10(3,5-2)8-6-7-14(13-8)9(11)12/h6-7,9H,4-5H2,1-3H3. The molecule has 14 heavy (non-hydrogen) atoms. The van der Waals surface area contributed by atoms with Crippen LogP contribution in [-0.4, -0.2) is 9.78 Å². The van der Waals surface area contributed by atoms with Gasteiger partial charge in [0.25, 0.3) is 0 Å². The van der Waals surface area contributed by atoms with Crippen molar-refractivity contribution in [2.24, 2.45) is 0 Å². The number of hydrogen-bond donors (Lipinski definition) is 0. The van der Waals surface area contributed by atoms with E-state index in [1.54, 1.807) is 6.07 Å². The molecule has 0 saturated heterocycles. The maximum Gasteiger partial charge on any atom is 0.333 e. The monoisotopic (exact) mass is 202 g/mol. The van der Waals surface area contributed by atoms with E-state index >= 15 is 0 Å². The lowest BCUT2D eigenvalue weighted by atomic mass is 9.82. The molecule has 0 radical (unpaired) electrons. The predicted octanol–water partition coefficient (Wildman–Crippen LogP) is 3.36. The lowest BCUT2D eigenvalue weighted by molar-refractivity contribution is 0.0556. The van der Waals surface area contributed by atoms with E-state index < -0.39 is 6.55 Å². The molecule has 1 heterocycles. The maximum atomic E-state index is 12.3. The molecule has 0 fully saturated rings. The highest BCUT2D eigenvalue weighted by Gasteiger charge is 2.25. The number of nitrogens with zero attached hydrogens (tertiary/aromatic N) is 2. The normalized spacial score (nSPS) is 12.4. The van der Waals surface area contributed by atoms with E-state index in [9.17, 15) is 8.78 Å². The highest BCUT2D eigenvalue weighted by Crippen LogP contribution is 2.29. The van der Waals surface area contributed by atoms with E-state index in [4.69, 9.17) is 0 Å². The summed E-state index contributed by atoms with van der Waals surface area (Å²) in [6.07, 6.45) is 3.15. The summed E-state index contributed by atoms with van der Waals surface area (Å²) < 4.78 is 25.3. The SMILES string of the molecule is CCC(C)(CC)c1ccn(C(F)F)n1. The molecule has 4 heteroatoms. The first-order valence-electron chi connectivity index (χ1n) is 4.87. The van der Waals surface area contributed by atoms with Crippen molar-refractivity contribution < 1.29 is 8.78 Å². The summed E-state index contributed by atoms with van der Waals surface area (Å²) in [6.45, 7) is 3.60. The Morgan fingerprint density at radius 1 is 1.43 bits per heavy atom. The fourth-order valence-corrected chi connectivity index (χ4v) is 1.38. The average Bonchev–Trinajstić information content (AvgIpc) is 2.66. The van der Waals surface area contributed by atoms with Crippen molar-refractivity contribution in [3.8, 4) is 0 Å². The van der Waals surface area contributed by atoms with Crippen LogP contribution in [0.4, 0.5) is 8.78 Å². The van der Waals surface area contributed by atoms with Gasteiger partial charge in [-0.3, -0.25) is 0 Å². The Morgan fingerprint density at radius 3 is 2.36 bits per heavy atom. The summed E-state index contributed by atoms with van der Waals surface area (Å²) in [5.41, 5.74) is 0.669. The van der Waals surface area contributed by atoms with Crippen LogP contribution in [0.1, 0.15) is 45.9 Å². The maximum absolute atomic E-state index is 12.3. The van der Waals surface area contributed by atoms with E-state index in [1.165, 1.54) is 6.20 Å². The first-order valence-corrected chi connectivity index (χ1v) is 4.87. The number of aromatic nitrogens is 2. The molecule has 0 aliphatic carbocycles. The average molecular weight is 202 g/mol. The fourth-order valence-electron chi connectivity index (χ4n) is 1.38. The minimum atomic E-state index is -2.54. The van der Waals surface area contributed by atoms with E-state index in [0.29, 0.717) is 4.68 Å². The Labute approximate surface area is 82.9 Å². The summed E-state index contributed by atoms with van der Waals surface area (Å²) in [7, 11) is 0. The molecule has 0 atom stereocenters. The molecule has 1 aromatic rings. The lowest BCUT2D eigenvalue weighted by Crippen LogP contribution is -2.20. The topological polar surface area (TPSA) is 17.8 Å². The molecule has 0 N–H and O–H groups in total. The second-order valence-corrected chi connectivity index (χ2v) is 3.73. The van der Waals surface area contributed by atoms with Gasteiger partial charge in [-0.25, -0.2) is 4.68 Å². The Balaban J connectivity index is 2.95. The lowest BCUT2D eigenvalue weighted by Gasteiger charge is -2.23. The molecule has 1 rings (SSSR count). The van der Waals surface area contributed by atoms with E-state index in [1.807, 2.05) is 20.8 Å². The first-order chi connectivity index (χ1) is 6.53. The van der Waals surface area contributed by atoms with E-state index in [0.717, 1.165) is 18.5 Å². The predicted molar refractivity (Wildman–Crippen MR) is 51.4 cm³/mol. The minimum absolute atomic E-state index is 0.0832. The molecule has 0 aliphatic rings. The van der Waals surface area contributed by atoms with Crippen LogP contribution in [0, 0.1) is 0 Å². The summed E-state index contributed by atoms with van der Waals surface area (Å²) >= 11 is 0. The van der Waals surface area contributed by atoms with Crippen molar-refractivity contribution in [2.45, 2.75) is 45.6 Å². The Morgan fingerprint density at radius 2 is 2.00 bits per heavy atom. The third-order valence-corrected chi connectivity index (χ3v) is 2.99. The van der Waals surface area contributed by atoms with E-state index in [2.05, 4.69) is 5.10 Å². The second kappa shape index (κ2) is 4.07. The van der Waals surface area contributed by atoms with Gasteiger partial charge < -0.3 is 0 Å². The second-order valence-electron chi connectivity index (χ2n) is 3.73. The molecule has 0 aliphatic heterocycles. The van der Waals surface area contributed by atoms with Gasteiger partial charge in [0, 0.05) is 11.6 Å². The molecule has 0 unspecified atom stereocenters. The first kappa shape index (κ1) is 11.1. The minimum Gasteiger partial charge on any atom is -0.211 e. The summed E-state index contributed by atoms with van der Waals surface area (Å²) in [5, 5.41) is 3.89. The summed E-state index contributed by atoms with van der Waals surface area (Å²) in [4.78, 5) is 0. The highest BCUT2D eigenvalue weighted by molar-refractivity contribution is 5.13. The Kier molecular flexibility index (Phi) is 3.24. The summed E-state index contributed by atoms with van der Waals surface area (Å²) in [5.74, 6) is 0. The van der Waals surface area contributed by atoms with Crippen LogP contribution in [0.25, 0.3) is 0 Å². The zero-order valence-electron chi connectivity index (χ0n) is 8.80. The van der Waals surface area contributed by atoms with Gasteiger partial charge in [-0.05, 0) is 18.9 Å². The molecule has 0 bridgehead atoms. The third-order valence-electron chi connectivity index (χ3n) is 2.99. The van der Waals surface area contributed by atoms with Gasteiger partial charge in [-0.15, -0.1) is 0 Å². The molecular weight excluding hydrogens is 186 g/mol. The number of alkyl halides is 2. The van der Waals surface area contributed by atoms with Crippen molar-refractivity contribution in [3.63, 3.8) is 0 Å². The van der Waals surface area contributed by atoms with Crippen molar-refractivity contribution in [2.75, 3.05) is 0 Å². The molecular formula is C10H16F2N2. The van der Waals surface area contributed by atoms with Crippen molar-refractivity contribution >= 4 is 0 Å². The van der Waals surface area contributed by atoms with Crippen LogP contribution in [0.5, 0.6) is 0 Å². The summed E-state index contributed by atoms with van der Waals surface area (Å²) in [6, 6.07) is 1.68. The van der Waals surface area contributed by atoms with Crippen LogP contribution in [0.3, 0.4) is 0 Å².